The summed E-state index contributed by atoms with van der Waals surface area (Å²) in [4.78, 5) is 4.61. The number of anilines is 1. The van der Waals surface area contributed by atoms with Gasteiger partial charge in [0.25, 0.3) is 0 Å². The van der Waals surface area contributed by atoms with Gasteiger partial charge in [0.15, 0.2) is 11.5 Å². The Labute approximate surface area is 146 Å². The molecule has 1 fully saturated rings. The van der Waals surface area contributed by atoms with E-state index in [0.29, 0.717) is 18.1 Å². The number of piperazine rings is 1. The zero-order valence-corrected chi connectivity index (χ0v) is 13.9. The molecule has 2 heterocycles. The minimum Gasteiger partial charge on any atom is -0.508 e. The molecule has 2 aromatic rings. The number of nitrogens with zero attached hydrogens (tertiary/aromatic N) is 2. The predicted molar refractivity (Wildman–Crippen MR) is 93.1 cm³/mol. The molecule has 6 heteroatoms. The average Bonchev–Trinajstić information content (AvgIpc) is 2.63. The van der Waals surface area contributed by atoms with Gasteiger partial charge in [-0.25, -0.2) is 4.39 Å². The molecular formula is C19H21FN2O3. The molecule has 0 radical (unpaired) electrons. The third kappa shape index (κ3) is 3.64. The molecule has 2 aliphatic rings. The van der Waals surface area contributed by atoms with E-state index in [1.165, 1.54) is 12.1 Å². The Kier molecular flexibility index (Phi) is 4.36. The van der Waals surface area contributed by atoms with E-state index < -0.39 is 0 Å². The summed E-state index contributed by atoms with van der Waals surface area (Å²) in [5.41, 5.74) is 1.06. The Morgan fingerprint density at radius 3 is 2.52 bits per heavy atom. The molecule has 4 rings (SSSR count). The maximum atomic E-state index is 13.0. The van der Waals surface area contributed by atoms with Crippen LogP contribution in [-0.2, 0) is 0 Å². The summed E-state index contributed by atoms with van der Waals surface area (Å²) >= 11 is 0. The Balaban J connectivity index is 1.31. The quantitative estimate of drug-likeness (QED) is 0.927. The molecule has 1 saturated heterocycles. The Bertz CT molecular complexity index is 730. The number of aromatic hydroxyl groups is 1. The van der Waals surface area contributed by atoms with Crippen LogP contribution in [0, 0.1) is 5.82 Å². The lowest BCUT2D eigenvalue weighted by Crippen LogP contribution is -2.50. The van der Waals surface area contributed by atoms with Crippen LogP contribution in [0.4, 0.5) is 10.1 Å². The molecule has 2 aromatic carbocycles. The molecule has 0 aliphatic carbocycles. The van der Waals surface area contributed by atoms with Crippen LogP contribution in [0.2, 0.25) is 0 Å². The summed E-state index contributed by atoms with van der Waals surface area (Å²) in [5, 5.41) is 9.58. The van der Waals surface area contributed by atoms with E-state index in [-0.39, 0.29) is 17.7 Å². The smallest absolute Gasteiger partial charge is 0.165 e. The Morgan fingerprint density at radius 1 is 1.00 bits per heavy atom. The Morgan fingerprint density at radius 2 is 1.76 bits per heavy atom. The molecular weight excluding hydrogens is 323 g/mol. The first kappa shape index (κ1) is 16.0. The monoisotopic (exact) mass is 344 g/mol. The lowest BCUT2D eigenvalue weighted by atomic mass is 10.2. The van der Waals surface area contributed by atoms with Gasteiger partial charge in [0.05, 0.1) is 0 Å². The minimum absolute atomic E-state index is 0.0494. The number of hydrogen-bond acceptors (Lipinski definition) is 5. The van der Waals surface area contributed by atoms with E-state index in [1.54, 1.807) is 18.2 Å². The lowest BCUT2D eigenvalue weighted by molar-refractivity contribution is 0.0568. The molecule has 2 aliphatic heterocycles. The first-order chi connectivity index (χ1) is 12.2. The number of hydrogen-bond donors (Lipinski definition) is 1. The van der Waals surface area contributed by atoms with Crippen LogP contribution in [0.1, 0.15) is 0 Å². The van der Waals surface area contributed by atoms with Crippen molar-refractivity contribution in [2.24, 2.45) is 0 Å². The van der Waals surface area contributed by atoms with Gasteiger partial charge >= 0.3 is 0 Å². The van der Waals surface area contributed by atoms with Crippen molar-refractivity contribution in [3.05, 3.63) is 48.3 Å². The molecule has 25 heavy (non-hydrogen) atoms. The van der Waals surface area contributed by atoms with E-state index in [0.717, 1.165) is 38.4 Å². The van der Waals surface area contributed by atoms with Crippen molar-refractivity contribution in [3.63, 3.8) is 0 Å². The summed E-state index contributed by atoms with van der Waals surface area (Å²) in [6.45, 7) is 4.93. The van der Waals surface area contributed by atoms with Gasteiger partial charge in [0.1, 0.15) is 24.3 Å². The SMILES string of the molecule is Oc1ccc2c(c1)OC(CN1CCN(c3ccc(F)cc3)CC1)CO2. The molecule has 132 valence electrons. The van der Waals surface area contributed by atoms with Gasteiger partial charge in [-0.15, -0.1) is 0 Å². The molecule has 1 atom stereocenters. The molecule has 5 nitrogen and oxygen atoms in total. The second-order valence-corrected chi connectivity index (χ2v) is 6.45. The molecule has 0 amide bonds. The maximum Gasteiger partial charge on any atom is 0.165 e. The van der Waals surface area contributed by atoms with Crippen LogP contribution >= 0.6 is 0 Å². The summed E-state index contributed by atoms with van der Waals surface area (Å²) in [5.74, 6) is 1.25. The number of phenols is 1. The number of halogens is 1. The van der Waals surface area contributed by atoms with Gasteiger partial charge in [0.2, 0.25) is 0 Å². The fraction of sp³-hybridized carbons (Fsp3) is 0.368. The standard InChI is InChI=1S/C19H21FN2O3/c20-14-1-3-15(4-2-14)22-9-7-21(8-10-22)12-17-13-24-18-6-5-16(23)11-19(18)25-17/h1-6,11,17,23H,7-10,12-13H2. The number of phenolic OH excluding ortho intramolecular Hbond substituents is 1. The highest BCUT2D eigenvalue weighted by molar-refractivity contribution is 5.47. The van der Waals surface area contributed by atoms with Crippen molar-refractivity contribution in [1.82, 2.24) is 4.90 Å². The van der Waals surface area contributed by atoms with Crippen molar-refractivity contribution >= 4 is 5.69 Å². The number of rotatable bonds is 3. The second-order valence-electron chi connectivity index (χ2n) is 6.45. The van der Waals surface area contributed by atoms with Crippen molar-refractivity contribution < 1.29 is 19.0 Å². The zero-order valence-electron chi connectivity index (χ0n) is 13.9. The van der Waals surface area contributed by atoms with Crippen molar-refractivity contribution in [2.45, 2.75) is 6.10 Å². The molecule has 0 saturated carbocycles. The molecule has 0 aromatic heterocycles. The van der Waals surface area contributed by atoms with Gasteiger partial charge in [-0.3, -0.25) is 4.90 Å². The fourth-order valence-electron chi connectivity index (χ4n) is 3.32. The first-order valence-corrected chi connectivity index (χ1v) is 8.53. The molecule has 1 N–H and O–H groups in total. The summed E-state index contributed by atoms with van der Waals surface area (Å²) < 4.78 is 24.7. The van der Waals surface area contributed by atoms with E-state index >= 15 is 0 Å². The maximum absolute atomic E-state index is 13.0. The van der Waals surface area contributed by atoms with Gasteiger partial charge in [-0.05, 0) is 36.4 Å². The Hall–Kier alpha value is -2.47. The fourth-order valence-corrected chi connectivity index (χ4v) is 3.32. The van der Waals surface area contributed by atoms with E-state index in [1.807, 2.05) is 12.1 Å². The van der Waals surface area contributed by atoms with Crippen LogP contribution in [0.3, 0.4) is 0 Å². The molecule has 0 bridgehead atoms. The average molecular weight is 344 g/mol. The topological polar surface area (TPSA) is 45.2 Å². The largest absolute Gasteiger partial charge is 0.508 e. The van der Waals surface area contributed by atoms with Crippen molar-refractivity contribution in [1.29, 1.82) is 0 Å². The van der Waals surface area contributed by atoms with Crippen LogP contribution in [0.25, 0.3) is 0 Å². The number of benzene rings is 2. The third-order valence-corrected chi connectivity index (χ3v) is 4.67. The van der Waals surface area contributed by atoms with E-state index in [4.69, 9.17) is 9.47 Å². The highest BCUT2D eigenvalue weighted by Gasteiger charge is 2.26. The molecule has 1 unspecified atom stereocenters. The van der Waals surface area contributed by atoms with E-state index in [9.17, 15) is 9.50 Å². The summed E-state index contributed by atoms with van der Waals surface area (Å²) in [6.07, 6.45) is -0.0494. The zero-order chi connectivity index (χ0) is 17.2. The van der Waals surface area contributed by atoms with Gasteiger partial charge in [-0.2, -0.15) is 0 Å². The highest BCUT2D eigenvalue weighted by atomic mass is 19.1. The van der Waals surface area contributed by atoms with Crippen molar-refractivity contribution in [3.8, 4) is 17.2 Å². The normalized spacial score (nSPS) is 20.5. The first-order valence-electron chi connectivity index (χ1n) is 8.53. The second kappa shape index (κ2) is 6.80. The van der Waals surface area contributed by atoms with Crippen LogP contribution in [0.5, 0.6) is 17.2 Å². The summed E-state index contributed by atoms with van der Waals surface area (Å²) in [6, 6.07) is 11.6. The van der Waals surface area contributed by atoms with E-state index in [2.05, 4.69) is 9.80 Å². The van der Waals surface area contributed by atoms with Crippen LogP contribution < -0.4 is 14.4 Å². The van der Waals surface area contributed by atoms with Crippen molar-refractivity contribution in [2.75, 3.05) is 44.2 Å². The highest BCUT2D eigenvalue weighted by Crippen LogP contribution is 2.34. The lowest BCUT2D eigenvalue weighted by Gasteiger charge is -2.38. The van der Waals surface area contributed by atoms with Gasteiger partial charge in [0, 0.05) is 44.5 Å². The van der Waals surface area contributed by atoms with Gasteiger partial charge in [-0.1, -0.05) is 0 Å². The number of fused-ring (bicyclic) bond motifs is 1. The summed E-state index contributed by atoms with van der Waals surface area (Å²) in [7, 11) is 0. The van der Waals surface area contributed by atoms with Gasteiger partial charge < -0.3 is 19.5 Å². The molecule has 0 spiro atoms. The predicted octanol–water partition coefficient (Wildman–Crippen LogP) is 2.49. The van der Waals surface area contributed by atoms with Crippen LogP contribution in [0.15, 0.2) is 42.5 Å². The van der Waals surface area contributed by atoms with Crippen LogP contribution in [-0.4, -0.2) is 55.4 Å². The third-order valence-electron chi connectivity index (χ3n) is 4.67. The number of ether oxygens (including phenoxy) is 2. The minimum atomic E-state index is -0.205.